The van der Waals surface area contributed by atoms with Crippen LogP contribution in [0.4, 0.5) is 8.78 Å². The van der Waals surface area contributed by atoms with Crippen molar-refractivity contribution in [3.63, 3.8) is 0 Å². The Morgan fingerprint density at radius 1 is 1.08 bits per heavy atom. The molecular weight excluding hydrogens is 504 g/mol. The summed E-state index contributed by atoms with van der Waals surface area (Å²) in [5.41, 5.74) is 0.625. The van der Waals surface area contributed by atoms with E-state index in [1.165, 1.54) is 40.4 Å². The normalized spacial score (nSPS) is 19.1. The third-order valence-electron chi connectivity index (χ3n) is 6.16. The van der Waals surface area contributed by atoms with Crippen molar-refractivity contribution >= 4 is 21.8 Å². The van der Waals surface area contributed by atoms with E-state index >= 15 is 0 Å². The predicted octanol–water partition coefficient (Wildman–Crippen LogP) is 3.63. The molecule has 1 saturated heterocycles. The molecule has 11 heteroatoms. The van der Waals surface area contributed by atoms with Crippen molar-refractivity contribution in [2.45, 2.75) is 63.7 Å². The highest BCUT2D eigenvalue weighted by atomic mass is 32.2. The van der Waals surface area contributed by atoms with Gasteiger partial charge in [0.25, 0.3) is 0 Å². The second-order valence-electron chi connectivity index (χ2n) is 9.35. The molecule has 1 heterocycles. The van der Waals surface area contributed by atoms with Crippen LogP contribution in [0.5, 0.6) is 5.75 Å². The van der Waals surface area contributed by atoms with E-state index in [0.29, 0.717) is 5.56 Å². The smallest absolute Gasteiger partial charge is 0.397 e. The van der Waals surface area contributed by atoms with Crippen molar-refractivity contribution in [3.8, 4) is 5.75 Å². The Hall–Kier alpha value is -3.05. The number of piperazine rings is 1. The lowest BCUT2D eigenvalue weighted by Gasteiger charge is -2.44. The number of nitrogens with one attached hydrogen (secondary N) is 1. The molecule has 2 unspecified atom stereocenters. The minimum atomic E-state index is -3.88. The van der Waals surface area contributed by atoms with E-state index in [0.717, 1.165) is 0 Å². The van der Waals surface area contributed by atoms with Crippen LogP contribution in [-0.4, -0.2) is 60.7 Å². The number of nitrogens with zero attached hydrogens (tertiary/aromatic N) is 2. The van der Waals surface area contributed by atoms with Crippen molar-refractivity contribution in [1.29, 1.82) is 0 Å². The molecular formula is C26H33F2N3O5S. The zero-order valence-electron chi connectivity index (χ0n) is 21.4. The van der Waals surface area contributed by atoms with E-state index in [1.54, 1.807) is 51.1 Å². The number of hydrogen-bond donors (Lipinski definition) is 1. The van der Waals surface area contributed by atoms with Crippen LogP contribution in [0.15, 0.2) is 59.5 Å². The Balaban J connectivity index is 1.78. The Labute approximate surface area is 216 Å². The molecule has 0 aromatic heterocycles. The first kappa shape index (κ1) is 28.5. The van der Waals surface area contributed by atoms with Gasteiger partial charge in [-0.2, -0.15) is 13.1 Å². The molecule has 8 nitrogen and oxygen atoms in total. The number of benzene rings is 2. The molecule has 0 bridgehead atoms. The molecule has 1 aliphatic rings. The van der Waals surface area contributed by atoms with Crippen LogP contribution < -0.4 is 10.1 Å². The second-order valence-corrected chi connectivity index (χ2v) is 11.3. The third kappa shape index (κ3) is 6.84. The lowest BCUT2D eigenvalue weighted by molar-refractivity contribution is -0.177. The summed E-state index contributed by atoms with van der Waals surface area (Å²) in [6, 6.07) is 12.2. The summed E-state index contributed by atoms with van der Waals surface area (Å²) in [6.45, 7) is 6.41. The molecule has 0 saturated carbocycles. The fraction of sp³-hybridized carbons (Fsp3) is 0.462. The molecule has 1 fully saturated rings. The van der Waals surface area contributed by atoms with E-state index in [4.69, 9.17) is 0 Å². The van der Waals surface area contributed by atoms with Gasteiger partial charge < -0.3 is 15.0 Å². The van der Waals surface area contributed by atoms with E-state index in [1.807, 2.05) is 0 Å². The number of rotatable bonds is 9. The Morgan fingerprint density at radius 2 is 1.70 bits per heavy atom. The van der Waals surface area contributed by atoms with E-state index in [2.05, 4.69) is 10.1 Å². The fourth-order valence-electron chi connectivity index (χ4n) is 4.09. The van der Waals surface area contributed by atoms with Crippen LogP contribution in [0.2, 0.25) is 0 Å². The Bertz CT molecular complexity index is 1190. The van der Waals surface area contributed by atoms with E-state index in [9.17, 15) is 26.8 Å². The van der Waals surface area contributed by atoms with Crippen LogP contribution in [0, 0.1) is 5.92 Å². The van der Waals surface area contributed by atoms with Crippen molar-refractivity contribution in [2.24, 2.45) is 5.92 Å². The first-order chi connectivity index (χ1) is 17.4. The van der Waals surface area contributed by atoms with Crippen LogP contribution >= 0.6 is 0 Å². The molecule has 3 rings (SSSR count). The highest BCUT2D eigenvalue weighted by Crippen LogP contribution is 2.26. The van der Waals surface area contributed by atoms with Crippen LogP contribution in [0.1, 0.15) is 39.7 Å². The van der Waals surface area contributed by atoms with Gasteiger partial charge >= 0.3 is 6.11 Å². The number of amides is 2. The Morgan fingerprint density at radius 3 is 2.27 bits per heavy atom. The highest BCUT2D eigenvalue weighted by molar-refractivity contribution is 7.89. The molecule has 2 amide bonds. The van der Waals surface area contributed by atoms with E-state index < -0.39 is 40.5 Å². The minimum absolute atomic E-state index is 0.00139. The van der Waals surface area contributed by atoms with Gasteiger partial charge in [0, 0.05) is 38.0 Å². The lowest BCUT2D eigenvalue weighted by Crippen LogP contribution is -2.65. The summed E-state index contributed by atoms with van der Waals surface area (Å²) >= 11 is 0. The molecule has 0 radical (unpaired) electrons. The molecule has 2 atom stereocenters. The van der Waals surface area contributed by atoms with Crippen molar-refractivity contribution < 1.29 is 31.5 Å². The van der Waals surface area contributed by atoms with Gasteiger partial charge in [0.15, 0.2) is 0 Å². The van der Waals surface area contributed by atoms with Gasteiger partial charge in [0.1, 0.15) is 11.8 Å². The number of alkyl halides is 2. The summed E-state index contributed by atoms with van der Waals surface area (Å²) in [5.74, 6) is -1.14. The maximum absolute atomic E-state index is 13.5. The standard InChI is InChI=1S/C26H33F2N3O5S/c1-5-26(27,28)36-21-13-11-20(12-14-21)15-29-24(32)23-17-30(16-19(4)31(23)25(33)18(2)3)37(34,35)22-9-7-6-8-10-22/h6-14,18-19,23H,5,15-17H2,1-4H3,(H,29,32). The molecule has 2 aromatic rings. The van der Waals surface area contributed by atoms with Gasteiger partial charge in [0.2, 0.25) is 21.8 Å². The number of halogens is 2. The molecule has 37 heavy (non-hydrogen) atoms. The summed E-state index contributed by atoms with van der Waals surface area (Å²) in [5, 5.41) is 2.76. The monoisotopic (exact) mass is 537 g/mol. The summed E-state index contributed by atoms with van der Waals surface area (Å²) in [6.07, 6.45) is -3.74. The highest BCUT2D eigenvalue weighted by Gasteiger charge is 2.43. The average molecular weight is 538 g/mol. The molecule has 2 aromatic carbocycles. The quantitative estimate of drug-likeness (QED) is 0.527. The lowest BCUT2D eigenvalue weighted by atomic mass is 10.0. The van der Waals surface area contributed by atoms with Gasteiger partial charge in [-0.15, -0.1) is 0 Å². The van der Waals surface area contributed by atoms with Gasteiger partial charge in [-0.1, -0.05) is 51.1 Å². The summed E-state index contributed by atoms with van der Waals surface area (Å²) < 4.78 is 59.3. The average Bonchev–Trinajstić information content (AvgIpc) is 2.87. The molecule has 202 valence electrons. The maximum Gasteiger partial charge on any atom is 0.397 e. The molecule has 1 N–H and O–H groups in total. The number of carbonyl (C=O) groups excluding carboxylic acids is 2. The van der Waals surface area contributed by atoms with Gasteiger partial charge in [-0.25, -0.2) is 8.42 Å². The molecule has 1 aliphatic heterocycles. The maximum atomic E-state index is 13.5. The topological polar surface area (TPSA) is 96.0 Å². The summed E-state index contributed by atoms with van der Waals surface area (Å²) in [4.78, 5) is 27.9. The SMILES string of the molecule is CCC(F)(F)Oc1ccc(CNC(=O)C2CN(S(=O)(=O)c3ccccc3)CC(C)N2C(=O)C(C)C)cc1. The first-order valence-electron chi connectivity index (χ1n) is 12.2. The molecule has 0 aliphatic carbocycles. The van der Waals surface area contributed by atoms with Crippen LogP contribution in [0.3, 0.4) is 0 Å². The third-order valence-corrected chi connectivity index (χ3v) is 8.00. The number of carbonyl (C=O) groups is 2. The summed E-state index contributed by atoms with van der Waals surface area (Å²) in [7, 11) is -3.88. The minimum Gasteiger partial charge on any atom is -0.433 e. The number of ether oxygens (including phenoxy) is 1. The first-order valence-corrected chi connectivity index (χ1v) is 13.6. The number of sulfonamides is 1. The van der Waals surface area contributed by atoms with Crippen LogP contribution in [0.25, 0.3) is 0 Å². The van der Waals surface area contributed by atoms with E-state index in [-0.39, 0.29) is 42.1 Å². The van der Waals surface area contributed by atoms with Crippen molar-refractivity contribution in [3.05, 3.63) is 60.2 Å². The number of hydrogen-bond acceptors (Lipinski definition) is 5. The van der Waals surface area contributed by atoms with Crippen molar-refractivity contribution in [1.82, 2.24) is 14.5 Å². The predicted molar refractivity (Wildman–Crippen MR) is 134 cm³/mol. The Kier molecular flexibility index (Phi) is 8.91. The van der Waals surface area contributed by atoms with Crippen molar-refractivity contribution in [2.75, 3.05) is 13.1 Å². The largest absolute Gasteiger partial charge is 0.433 e. The fourth-order valence-corrected chi connectivity index (χ4v) is 5.64. The van der Waals surface area contributed by atoms with Crippen LogP contribution in [-0.2, 0) is 26.2 Å². The molecule has 0 spiro atoms. The zero-order valence-corrected chi connectivity index (χ0v) is 22.2. The second kappa shape index (κ2) is 11.6. The van der Waals surface area contributed by atoms with Gasteiger partial charge in [-0.05, 0) is 36.8 Å². The van der Waals surface area contributed by atoms with Gasteiger partial charge in [-0.3, -0.25) is 9.59 Å². The van der Waals surface area contributed by atoms with Gasteiger partial charge in [0.05, 0.1) is 4.90 Å². The zero-order chi connectivity index (χ0) is 27.4.